The Balaban J connectivity index is 1.94. The van der Waals surface area contributed by atoms with Gasteiger partial charge in [0.15, 0.2) is 0 Å². The van der Waals surface area contributed by atoms with Gasteiger partial charge in [0.1, 0.15) is 0 Å². The van der Waals surface area contributed by atoms with Crippen LogP contribution in [0.15, 0.2) is 76.5 Å². The second-order valence-electron chi connectivity index (χ2n) is 8.20. The first-order valence-corrected chi connectivity index (χ1v) is 10.0. The Morgan fingerprint density at radius 1 is 0.344 bits per heavy atom. The fourth-order valence-electron chi connectivity index (χ4n) is 5.73. The van der Waals surface area contributed by atoms with Crippen LogP contribution in [0.25, 0.3) is 75.4 Å². The minimum absolute atomic E-state index is 0.225. The normalized spacial score (nSPS) is 12.9. The van der Waals surface area contributed by atoms with Crippen LogP contribution in [-0.2, 0) is 0 Å². The largest absolute Gasteiger partial charge is 0.386 e. The maximum Gasteiger partial charge on any atom is 0.347 e. The van der Waals surface area contributed by atoms with Crippen LogP contribution >= 0.6 is 0 Å². The third-order valence-electron chi connectivity index (χ3n) is 6.87. The molecule has 6 aromatic carbocycles. The Labute approximate surface area is 174 Å². The summed E-state index contributed by atoms with van der Waals surface area (Å²) in [6.45, 7) is 0. The Morgan fingerprint density at radius 2 is 0.594 bits per heavy atom. The van der Waals surface area contributed by atoms with Crippen molar-refractivity contribution in [3.63, 3.8) is 0 Å². The van der Waals surface area contributed by atoms with Gasteiger partial charge in [0.05, 0.1) is 21.5 Å². The standard InChI is InChI=1S/C26H8O6/c27-23-19-13-9-5-1-2-6-10(9)14(13)20-18-17(19)21(25(29)31-23)15-11-7-3-4-8-12(11)16(15)22(18)26(30)32-24(20)28/h1-8H. The van der Waals surface area contributed by atoms with E-state index in [4.69, 9.17) is 8.83 Å². The molecule has 0 amide bonds. The molecule has 6 nitrogen and oxygen atoms in total. The highest BCUT2D eigenvalue weighted by atomic mass is 16.4. The first-order chi connectivity index (χ1) is 15.6. The summed E-state index contributed by atoms with van der Waals surface area (Å²) in [5.41, 5.74) is -3.09. The molecule has 2 aromatic heterocycles. The summed E-state index contributed by atoms with van der Waals surface area (Å²) in [4.78, 5) is 52.0. The van der Waals surface area contributed by atoms with E-state index in [-0.39, 0.29) is 21.5 Å². The zero-order chi connectivity index (χ0) is 21.5. The molecule has 0 bridgehead atoms. The molecular formula is C26H8O6. The fraction of sp³-hybridized carbons (Fsp3) is 0. The molecule has 0 aliphatic rings. The number of hydrogen-bond donors (Lipinski definition) is 0. The van der Waals surface area contributed by atoms with E-state index in [1.807, 2.05) is 48.5 Å². The topological polar surface area (TPSA) is 94.6 Å². The zero-order valence-corrected chi connectivity index (χ0v) is 16.1. The van der Waals surface area contributed by atoms with Gasteiger partial charge < -0.3 is 8.83 Å². The summed E-state index contributed by atoms with van der Waals surface area (Å²) in [6.07, 6.45) is 0. The molecule has 0 saturated carbocycles. The molecule has 0 radical (unpaired) electrons. The molecular weight excluding hydrogens is 408 g/mol. The van der Waals surface area contributed by atoms with Crippen LogP contribution in [0.5, 0.6) is 0 Å². The second kappa shape index (κ2) is 4.84. The van der Waals surface area contributed by atoms with Gasteiger partial charge in [0.2, 0.25) is 0 Å². The molecule has 32 heavy (non-hydrogen) atoms. The molecule has 0 aliphatic carbocycles. The van der Waals surface area contributed by atoms with Crippen molar-refractivity contribution in [1.82, 2.24) is 0 Å². The van der Waals surface area contributed by atoms with Gasteiger partial charge >= 0.3 is 22.5 Å². The molecule has 2 heterocycles. The summed E-state index contributed by atoms with van der Waals surface area (Å²) in [7, 11) is 0. The maximum absolute atomic E-state index is 13.0. The van der Waals surface area contributed by atoms with E-state index in [2.05, 4.69) is 0 Å². The number of rotatable bonds is 0. The molecule has 148 valence electrons. The van der Waals surface area contributed by atoms with Gasteiger partial charge in [-0.25, -0.2) is 19.2 Å². The van der Waals surface area contributed by atoms with E-state index in [1.54, 1.807) is 0 Å². The van der Waals surface area contributed by atoms with Gasteiger partial charge in [-0.2, -0.15) is 0 Å². The van der Waals surface area contributed by atoms with Gasteiger partial charge in [-0.1, -0.05) is 48.5 Å². The Kier molecular flexibility index (Phi) is 2.44. The predicted octanol–water partition coefficient (Wildman–Crippen LogP) is 4.14. The van der Waals surface area contributed by atoms with Crippen molar-refractivity contribution in [3.05, 3.63) is 90.2 Å². The number of benzene rings is 4. The first-order valence-electron chi connectivity index (χ1n) is 10.0. The van der Waals surface area contributed by atoms with Gasteiger partial charge in [0.25, 0.3) is 0 Å². The van der Waals surface area contributed by atoms with Crippen LogP contribution in [0, 0.1) is 0 Å². The average Bonchev–Trinajstić information content (AvgIpc) is 2.76. The lowest BCUT2D eigenvalue weighted by Gasteiger charge is -2.21. The van der Waals surface area contributed by atoms with Crippen LogP contribution in [0.2, 0.25) is 0 Å². The molecule has 6 heteroatoms. The third kappa shape index (κ3) is 1.47. The van der Waals surface area contributed by atoms with E-state index in [9.17, 15) is 19.2 Å². The molecule has 0 N–H and O–H groups in total. The average molecular weight is 416 g/mol. The summed E-state index contributed by atoms with van der Waals surface area (Å²) >= 11 is 0. The monoisotopic (exact) mass is 416 g/mol. The van der Waals surface area contributed by atoms with Gasteiger partial charge in [-0.3, -0.25) is 0 Å². The quantitative estimate of drug-likeness (QED) is 0.345. The summed E-state index contributed by atoms with van der Waals surface area (Å²) in [6, 6.07) is 14.8. The highest BCUT2D eigenvalue weighted by molar-refractivity contribution is 6.51. The van der Waals surface area contributed by atoms with Crippen LogP contribution in [0.4, 0.5) is 0 Å². The van der Waals surface area contributed by atoms with Gasteiger partial charge in [-0.15, -0.1) is 0 Å². The second-order valence-corrected chi connectivity index (χ2v) is 8.20. The minimum Gasteiger partial charge on any atom is -0.386 e. The molecule has 0 fully saturated rings. The molecule has 8 rings (SSSR count). The Bertz CT molecular complexity index is 2000. The summed E-state index contributed by atoms with van der Waals surface area (Å²) < 4.78 is 10.4. The molecule has 0 atom stereocenters. The van der Waals surface area contributed by atoms with E-state index >= 15 is 0 Å². The van der Waals surface area contributed by atoms with Crippen molar-refractivity contribution in [2.75, 3.05) is 0 Å². The minimum atomic E-state index is -0.773. The molecule has 8 aromatic rings. The van der Waals surface area contributed by atoms with Gasteiger partial charge in [-0.05, 0) is 21.5 Å². The van der Waals surface area contributed by atoms with Crippen LogP contribution in [0.3, 0.4) is 0 Å². The highest BCUT2D eigenvalue weighted by Gasteiger charge is 2.31. The molecule has 0 saturated heterocycles. The summed E-state index contributed by atoms with van der Waals surface area (Å²) in [5.74, 6) is 0. The van der Waals surface area contributed by atoms with Crippen molar-refractivity contribution in [2.45, 2.75) is 0 Å². The lowest BCUT2D eigenvalue weighted by atomic mass is 9.80. The maximum atomic E-state index is 13.0. The van der Waals surface area contributed by atoms with Crippen LogP contribution < -0.4 is 22.5 Å². The molecule has 0 aliphatic heterocycles. The molecule has 0 unspecified atom stereocenters. The number of hydrogen-bond acceptors (Lipinski definition) is 6. The van der Waals surface area contributed by atoms with E-state index < -0.39 is 22.5 Å². The van der Waals surface area contributed by atoms with E-state index in [0.717, 1.165) is 21.5 Å². The molecule has 0 spiro atoms. The van der Waals surface area contributed by atoms with Gasteiger partial charge in [0, 0.05) is 32.3 Å². The van der Waals surface area contributed by atoms with Crippen molar-refractivity contribution in [3.8, 4) is 0 Å². The van der Waals surface area contributed by atoms with Crippen LogP contribution in [-0.4, -0.2) is 0 Å². The SMILES string of the molecule is O=c1oc(=O)c2c3c4ccccc4c3c3c(=O)oc(=O)c4c5c6ccccc6c5c1c2c43. The van der Waals surface area contributed by atoms with Crippen molar-refractivity contribution in [1.29, 1.82) is 0 Å². The summed E-state index contributed by atoms with van der Waals surface area (Å²) in [5, 5.41) is 6.94. The Hall–Kier alpha value is -4.58. The van der Waals surface area contributed by atoms with Crippen LogP contribution in [0.1, 0.15) is 0 Å². The van der Waals surface area contributed by atoms with E-state index in [0.29, 0.717) is 32.3 Å². The lowest BCUT2D eigenvalue weighted by Crippen LogP contribution is -2.19. The fourth-order valence-corrected chi connectivity index (χ4v) is 5.73. The highest BCUT2D eigenvalue weighted by Crippen LogP contribution is 2.50. The zero-order valence-electron chi connectivity index (χ0n) is 16.1. The van der Waals surface area contributed by atoms with Crippen molar-refractivity contribution in [2.24, 2.45) is 0 Å². The lowest BCUT2D eigenvalue weighted by molar-refractivity contribution is 0.488. The first kappa shape index (κ1) is 16.2. The van der Waals surface area contributed by atoms with Crippen molar-refractivity contribution >= 4 is 75.4 Å². The third-order valence-corrected chi connectivity index (χ3v) is 6.87. The smallest absolute Gasteiger partial charge is 0.347 e. The predicted molar refractivity (Wildman–Crippen MR) is 123 cm³/mol. The van der Waals surface area contributed by atoms with E-state index in [1.165, 1.54) is 0 Å². The number of fused-ring (bicyclic) bond motifs is 12. The van der Waals surface area contributed by atoms with Crippen molar-refractivity contribution < 1.29 is 8.83 Å². The Morgan fingerprint density at radius 3 is 0.844 bits per heavy atom.